The highest BCUT2D eigenvalue weighted by atomic mass is 32.1. The molecular formula is C15H16N4S. The Morgan fingerprint density at radius 1 is 1.15 bits per heavy atom. The van der Waals surface area contributed by atoms with Crippen molar-refractivity contribution in [2.45, 2.75) is 18.9 Å². The molecule has 1 fully saturated rings. The normalized spacial score (nSPS) is 16.9. The molecule has 0 bridgehead atoms. The van der Waals surface area contributed by atoms with E-state index in [1.165, 1.54) is 4.70 Å². The van der Waals surface area contributed by atoms with Crippen molar-refractivity contribution in [3.05, 3.63) is 43.0 Å². The molecule has 0 saturated carbocycles. The lowest BCUT2D eigenvalue weighted by atomic mass is 10.1. The number of fused-ring (bicyclic) bond motifs is 1. The number of rotatable bonds is 2. The van der Waals surface area contributed by atoms with Crippen molar-refractivity contribution in [1.29, 1.82) is 0 Å². The molecule has 102 valence electrons. The zero-order valence-electron chi connectivity index (χ0n) is 11.1. The SMILES string of the molecule is c1ccc2sc(N3CCC(n4ccnc4)CC3)nc2c1. The summed E-state index contributed by atoms with van der Waals surface area (Å²) in [6.07, 6.45) is 8.18. The summed E-state index contributed by atoms with van der Waals surface area (Å²) in [6.45, 7) is 2.14. The van der Waals surface area contributed by atoms with Crippen LogP contribution in [0.3, 0.4) is 0 Å². The van der Waals surface area contributed by atoms with Crippen LogP contribution in [0.5, 0.6) is 0 Å². The topological polar surface area (TPSA) is 34.0 Å². The number of imidazole rings is 1. The molecule has 3 heterocycles. The standard InChI is InChI=1S/C15H16N4S/c1-2-4-14-13(3-1)17-15(20-14)18-8-5-12(6-9-18)19-10-7-16-11-19/h1-4,7,10-12H,5-6,8-9H2. The van der Waals surface area contributed by atoms with Gasteiger partial charge in [0.2, 0.25) is 0 Å². The third-order valence-corrected chi connectivity index (χ3v) is 5.06. The number of benzene rings is 1. The zero-order chi connectivity index (χ0) is 13.4. The van der Waals surface area contributed by atoms with Crippen LogP contribution in [0.1, 0.15) is 18.9 Å². The molecule has 2 aromatic heterocycles. The largest absolute Gasteiger partial charge is 0.348 e. The Bertz CT molecular complexity index is 663. The molecule has 0 atom stereocenters. The van der Waals surface area contributed by atoms with Crippen LogP contribution >= 0.6 is 11.3 Å². The van der Waals surface area contributed by atoms with Crippen molar-refractivity contribution in [2.24, 2.45) is 0 Å². The number of thiazole rings is 1. The minimum absolute atomic E-state index is 0.586. The Morgan fingerprint density at radius 2 is 2.00 bits per heavy atom. The van der Waals surface area contributed by atoms with E-state index in [1.807, 2.05) is 12.5 Å². The summed E-state index contributed by atoms with van der Waals surface area (Å²) >= 11 is 1.80. The highest BCUT2D eigenvalue weighted by molar-refractivity contribution is 7.22. The van der Waals surface area contributed by atoms with Crippen molar-refractivity contribution in [2.75, 3.05) is 18.0 Å². The van der Waals surface area contributed by atoms with Gasteiger partial charge in [-0.1, -0.05) is 23.5 Å². The maximum atomic E-state index is 4.75. The van der Waals surface area contributed by atoms with Gasteiger partial charge in [0, 0.05) is 31.5 Å². The molecular weight excluding hydrogens is 268 g/mol. The van der Waals surface area contributed by atoms with E-state index in [4.69, 9.17) is 4.98 Å². The van der Waals surface area contributed by atoms with E-state index in [9.17, 15) is 0 Å². The van der Waals surface area contributed by atoms with E-state index in [0.717, 1.165) is 36.6 Å². The second-order valence-corrected chi connectivity index (χ2v) is 6.20. The summed E-state index contributed by atoms with van der Waals surface area (Å²) in [6, 6.07) is 8.96. The van der Waals surface area contributed by atoms with E-state index in [1.54, 1.807) is 11.3 Å². The summed E-state index contributed by atoms with van der Waals surface area (Å²) in [5.41, 5.74) is 1.12. The number of hydrogen-bond acceptors (Lipinski definition) is 4. The molecule has 0 amide bonds. The van der Waals surface area contributed by atoms with Crippen LogP contribution in [-0.2, 0) is 0 Å². The minimum atomic E-state index is 0.586. The average molecular weight is 284 g/mol. The van der Waals surface area contributed by atoms with Crippen molar-refractivity contribution in [3.8, 4) is 0 Å². The van der Waals surface area contributed by atoms with Gasteiger partial charge in [0.25, 0.3) is 0 Å². The monoisotopic (exact) mass is 284 g/mol. The lowest BCUT2D eigenvalue weighted by molar-refractivity contribution is 0.396. The Labute approximate surface area is 121 Å². The molecule has 0 unspecified atom stereocenters. The zero-order valence-corrected chi connectivity index (χ0v) is 12.0. The summed E-state index contributed by atoms with van der Waals surface area (Å²) in [5, 5.41) is 1.16. The van der Waals surface area contributed by atoms with E-state index in [-0.39, 0.29) is 0 Å². The fraction of sp³-hybridized carbons (Fsp3) is 0.333. The summed E-state index contributed by atoms with van der Waals surface area (Å²) in [7, 11) is 0. The molecule has 20 heavy (non-hydrogen) atoms. The summed E-state index contributed by atoms with van der Waals surface area (Å²) < 4.78 is 3.51. The highest BCUT2D eigenvalue weighted by Crippen LogP contribution is 2.32. The van der Waals surface area contributed by atoms with Gasteiger partial charge in [-0.25, -0.2) is 9.97 Å². The van der Waals surface area contributed by atoms with Gasteiger partial charge in [0.15, 0.2) is 5.13 Å². The first-order chi connectivity index (χ1) is 9.90. The predicted octanol–water partition coefficient (Wildman–Crippen LogP) is 3.33. The van der Waals surface area contributed by atoms with Gasteiger partial charge < -0.3 is 9.47 Å². The van der Waals surface area contributed by atoms with Crippen LogP contribution in [0.4, 0.5) is 5.13 Å². The van der Waals surface area contributed by atoms with Gasteiger partial charge in [-0.15, -0.1) is 0 Å². The number of piperidine rings is 1. The smallest absolute Gasteiger partial charge is 0.186 e. The molecule has 1 saturated heterocycles. The fourth-order valence-electron chi connectivity index (χ4n) is 2.84. The number of hydrogen-bond donors (Lipinski definition) is 0. The van der Waals surface area contributed by atoms with E-state index in [0.29, 0.717) is 6.04 Å². The molecule has 5 heteroatoms. The average Bonchev–Trinajstić information content (AvgIpc) is 3.17. The van der Waals surface area contributed by atoms with Gasteiger partial charge in [-0.3, -0.25) is 0 Å². The number of nitrogens with zero attached hydrogens (tertiary/aromatic N) is 4. The first-order valence-corrected chi connectivity index (χ1v) is 7.80. The summed E-state index contributed by atoms with van der Waals surface area (Å²) in [5.74, 6) is 0. The molecule has 4 rings (SSSR count). The maximum Gasteiger partial charge on any atom is 0.186 e. The van der Waals surface area contributed by atoms with Crippen LogP contribution < -0.4 is 4.90 Å². The molecule has 3 aromatic rings. The van der Waals surface area contributed by atoms with Crippen molar-refractivity contribution in [1.82, 2.24) is 14.5 Å². The van der Waals surface area contributed by atoms with Gasteiger partial charge in [-0.2, -0.15) is 0 Å². The van der Waals surface area contributed by atoms with Gasteiger partial charge >= 0.3 is 0 Å². The predicted molar refractivity (Wildman–Crippen MR) is 82.3 cm³/mol. The third-order valence-electron chi connectivity index (χ3n) is 3.96. The number of para-hydroxylation sites is 1. The summed E-state index contributed by atoms with van der Waals surface area (Å²) in [4.78, 5) is 11.3. The van der Waals surface area contributed by atoms with Crippen LogP contribution in [0, 0.1) is 0 Å². The van der Waals surface area contributed by atoms with Crippen LogP contribution in [0.2, 0.25) is 0 Å². The maximum absolute atomic E-state index is 4.75. The van der Waals surface area contributed by atoms with Crippen LogP contribution in [-0.4, -0.2) is 27.6 Å². The van der Waals surface area contributed by atoms with Crippen molar-refractivity contribution >= 4 is 26.7 Å². The highest BCUT2D eigenvalue weighted by Gasteiger charge is 2.22. The van der Waals surface area contributed by atoms with Crippen molar-refractivity contribution in [3.63, 3.8) is 0 Å². The van der Waals surface area contributed by atoms with Crippen LogP contribution in [0.15, 0.2) is 43.0 Å². The van der Waals surface area contributed by atoms with E-state index >= 15 is 0 Å². The van der Waals surface area contributed by atoms with Gasteiger partial charge in [0.05, 0.1) is 16.5 Å². The lowest BCUT2D eigenvalue weighted by Crippen LogP contribution is -2.34. The number of anilines is 1. The second-order valence-electron chi connectivity index (χ2n) is 5.19. The Balaban J connectivity index is 1.51. The van der Waals surface area contributed by atoms with Gasteiger partial charge in [-0.05, 0) is 25.0 Å². The molecule has 0 radical (unpaired) electrons. The number of aromatic nitrogens is 3. The van der Waals surface area contributed by atoms with Gasteiger partial charge in [0.1, 0.15) is 0 Å². The van der Waals surface area contributed by atoms with E-state index in [2.05, 4.69) is 44.9 Å². The quantitative estimate of drug-likeness (QED) is 0.724. The second kappa shape index (κ2) is 4.90. The Hall–Kier alpha value is -1.88. The molecule has 1 aliphatic heterocycles. The Kier molecular flexibility index (Phi) is 2.92. The fourth-order valence-corrected chi connectivity index (χ4v) is 3.85. The molecule has 0 aliphatic carbocycles. The molecule has 1 aliphatic rings. The molecule has 4 nitrogen and oxygen atoms in total. The first-order valence-electron chi connectivity index (χ1n) is 6.98. The molecule has 1 aromatic carbocycles. The van der Waals surface area contributed by atoms with E-state index < -0.39 is 0 Å². The lowest BCUT2D eigenvalue weighted by Gasteiger charge is -2.32. The molecule has 0 spiro atoms. The van der Waals surface area contributed by atoms with Crippen LogP contribution in [0.25, 0.3) is 10.2 Å². The minimum Gasteiger partial charge on any atom is -0.348 e. The first kappa shape index (κ1) is 11.9. The van der Waals surface area contributed by atoms with Crippen molar-refractivity contribution < 1.29 is 0 Å². The Morgan fingerprint density at radius 3 is 2.75 bits per heavy atom. The third kappa shape index (κ3) is 2.08. The molecule has 0 N–H and O–H groups in total.